The van der Waals surface area contributed by atoms with E-state index in [0.29, 0.717) is 10.5 Å². The summed E-state index contributed by atoms with van der Waals surface area (Å²) in [5.74, 6) is 0.368. The second kappa shape index (κ2) is 5.34. The minimum Gasteiger partial charge on any atom is -0.508 e. The van der Waals surface area contributed by atoms with E-state index >= 15 is 0 Å². The summed E-state index contributed by atoms with van der Waals surface area (Å²) in [4.78, 5) is 9.62. The van der Waals surface area contributed by atoms with Gasteiger partial charge in [0.1, 0.15) is 5.75 Å². The van der Waals surface area contributed by atoms with Crippen LogP contribution in [0.25, 0.3) is 0 Å². The molecule has 0 saturated heterocycles. The molecular formula is C15H17N3OS. The van der Waals surface area contributed by atoms with Crippen molar-refractivity contribution in [2.45, 2.75) is 26.4 Å². The molecule has 0 spiro atoms. The van der Waals surface area contributed by atoms with E-state index in [1.54, 1.807) is 6.07 Å². The molecule has 0 aliphatic carbocycles. The van der Waals surface area contributed by atoms with Gasteiger partial charge in [0.15, 0.2) is 4.77 Å². The molecule has 1 aromatic heterocycles. The van der Waals surface area contributed by atoms with E-state index in [0.717, 1.165) is 31.6 Å². The van der Waals surface area contributed by atoms with Gasteiger partial charge in [0.25, 0.3) is 0 Å². The first kappa shape index (κ1) is 13.3. The van der Waals surface area contributed by atoms with Crippen LogP contribution in [0.5, 0.6) is 5.75 Å². The summed E-state index contributed by atoms with van der Waals surface area (Å²) in [5.41, 5.74) is 4.53. The summed E-state index contributed by atoms with van der Waals surface area (Å²) in [5, 5.41) is 9.94. The van der Waals surface area contributed by atoms with Crippen LogP contribution in [0, 0.1) is 11.7 Å². The summed E-state index contributed by atoms with van der Waals surface area (Å²) in [6, 6.07) is 5.73. The molecule has 104 valence electrons. The Labute approximate surface area is 123 Å². The zero-order chi connectivity index (χ0) is 14.1. The van der Waals surface area contributed by atoms with Crippen molar-refractivity contribution in [1.29, 1.82) is 0 Å². The van der Waals surface area contributed by atoms with Crippen molar-refractivity contribution < 1.29 is 5.11 Å². The average molecular weight is 287 g/mol. The SMILES string of the molecule is Cc1ccc(O)c(CN2CCc3[nH]c(=S)ncc3C2)c1. The summed E-state index contributed by atoms with van der Waals surface area (Å²) in [6.07, 6.45) is 2.80. The topological polar surface area (TPSA) is 52.1 Å². The van der Waals surface area contributed by atoms with E-state index in [1.807, 2.05) is 25.3 Å². The van der Waals surface area contributed by atoms with Gasteiger partial charge in [-0.15, -0.1) is 0 Å². The second-order valence-electron chi connectivity index (χ2n) is 5.28. The molecule has 0 radical (unpaired) electrons. The second-order valence-corrected chi connectivity index (χ2v) is 5.67. The van der Waals surface area contributed by atoms with Gasteiger partial charge in [0.2, 0.25) is 0 Å². The highest BCUT2D eigenvalue weighted by atomic mass is 32.1. The van der Waals surface area contributed by atoms with Crippen molar-refractivity contribution in [1.82, 2.24) is 14.9 Å². The molecule has 0 unspecified atom stereocenters. The average Bonchev–Trinajstić information content (AvgIpc) is 2.43. The highest BCUT2D eigenvalue weighted by molar-refractivity contribution is 7.71. The molecule has 2 heterocycles. The molecule has 0 amide bonds. The zero-order valence-corrected chi connectivity index (χ0v) is 12.2. The first-order valence-electron chi connectivity index (χ1n) is 6.70. The highest BCUT2D eigenvalue weighted by Crippen LogP contribution is 2.23. The maximum Gasteiger partial charge on any atom is 0.196 e. The molecule has 0 saturated carbocycles. The van der Waals surface area contributed by atoms with Crippen molar-refractivity contribution in [2.75, 3.05) is 6.54 Å². The Morgan fingerprint density at radius 3 is 3.15 bits per heavy atom. The lowest BCUT2D eigenvalue weighted by Gasteiger charge is -2.28. The number of benzene rings is 1. The van der Waals surface area contributed by atoms with E-state index < -0.39 is 0 Å². The van der Waals surface area contributed by atoms with Crippen molar-refractivity contribution >= 4 is 12.2 Å². The van der Waals surface area contributed by atoms with Gasteiger partial charge >= 0.3 is 0 Å². The lowest BCUT2D eigenvalue weighted by Crippen LogP contribution is -2.30. The number of aromatic nitrogens is 2. The third kappa shape index (κ3) is 2.73. The first-order chi connectivity index (χ1) is 9.61. The molecule has 0 bridgehead atoms. The standard InChI is InChI=1S/C15H17N3OS/c1-10-2-3-14(19)11(6-10)8-18-5-4-13-12(9-18)7-16-15(20)17-13/h2-3,6-7,19H,4-5,8-9H2,1H3,(H,16,17,20). The van der Waals surface area contributed by atoms with Gasteiger partial charge in [-0.05, 0) is 25.2 Å². The number of nitrogens with one attached hydrogen (secondary N) is 1. The van der Waals surface area contributed by atoms with Crippen LogP contribution < -0.4 is 0 Å². The fraction of sp³-hybridized carbons (Fsp3) is 0.333. The van der Waals surface area contributed by atoms with Crippen LogP contribution in [0.2, 0.25) is 0 Å². The Balaban J connectivity index is 1.79. The Hall–Kier alpha value is -1.72. The lowest BCUT2D eigenvalue weighted by atomic mass is 10.1. The predicted molar refractivity (Wildman–Crippen MR) is 80.1 cm³/mol. The number of aromatic amines is 1. The number of rotatable bonds is 2. The van der Waals surface area contributed by atoms with Crippen molar-refractivity contribution in [3.63, 3.8) is 0 Å². The normalized spacial score (nSPS) is 15.1. The van der Waals surface area contributed by atoms with E-state index in [-0.39, 0.29) is 0 Å². The number of fused-ring (bicyclic) bond motifs is 1. The molecule has 0 atom stereocenters. The summed E-state index contributed by atoms with van der Waals surface area (Å²) in [7, 11) is 0. The smallest absolute Gasteiger partial charge is 0.196 e. The Morgan fingerprint density at radius 1 is 1.45 bits per heavy atom. The predicted octanol–water partition coefficient (Wildman–Crippen LogP) is 2.71. The number of H-pyrrole nitrogens is 1. The van der Waals surface area contributed by atoms with Crippen molar-refractivity contribution in [2.24, 2.45) is 0 Å². The van der Waals surface area contributed by atoms with E-state index in [1.165, 1.54) is 16.8 Å². The van der Waals surface area contributed by atoms with Crippen LogP contribution in [0.3, 0.4) is 0 Å². The fourth-order valence-electron chi connectivity index (χ4n) is 2.62. The van der Waals surface area contributed by atoms with Crippen LogP contribution in [-0.4, -0.2) is 26.5 Å². The van der Waals surface area contributed by atoms with Crippen LogP contribution in [0.15, 0.2) is 24.4 Å². The number of aromatic hydroxyl groups is 1. The van der Waals surface area contributed by atoms with E-state index in [2.05, 4.69) is 14.9 Å². The third-order valence-corrected chi connectivity index (χ3v) is 3.89. The number of hydrogen-bond acceptors (Lipinski definition) is 4. The number of hydrogen-bond donors (Lipinski definition) is 2. The number of aryl methyl sites for hydroxylation is 1. The third-order valence-electron chi connectivity index (χ3n) is 3.68. The summed E-state index contributed by atoms with van der Waals surface area (Å²) < 4.78 is 0.550. The quantitative estimate of drug-likeness (QED) is 0.834. The first-order valence-corrected chi connectivity index (χ1v) is 7.10. The molecule has 1 aromatic carbocycles. The van der Waals surface area contributed by atoms with Crippen molar-refractivity contribution in [3.05, 3.63) is 51.6 Å². The largest absolute Gasteiger partial charge is 0.508 e. The van der Waals surface area contributed by atoms with Crippen LogP contribution >= 0.6 is 12.2 Å². The highest BCUT2D eigenvalue weighted by Gasteiger charge is 2.18. The molecule has 4 nitrogen and oxygen atoms in total. The Kier molecular flexibility index (Phi) is 3.54. The number of phenolic OH excluding ortho intramolecular Hbond substituents is 1. The molecule has 1 aliphatic heterocycles. The van der Waals surface area contributed by atoms with Crippen LogP contribution in [-0.2, 0) is 19.5 Å². The maximum atomic E-state index is 9.94. The van der Waals surface area contributed by atoms with Gasteiger partial charge in [0.05, 0.1) is 0 Å². The number of phenols is 1. The van der Waals surface area contributed by atoms with Crippen LogP contribution in [0.4, 0.5) is 0 Å². The minimum atomic E-state index is 0.368. The number of nitrogens with zero attached hydrogens (tertiary/aromatic N) is 2. The zero-order valence-electron chi connectivity index (χ0n) is 11.4. The van der Waals surface area contributed by atoms with Gasteiger partial charge in [-0.3, -0.25) is 4.90 Å². The maximum absolute atomic E-state index is 9.94. The minimum absolute atomic E-state index is 0.368. The molecule has 1 aliphatic rings. The molecule has 3 rings (SSSR count). The molecule has 2 aromatic rings. The van der Waals surface area contributed by atoms with Gasteiger partial charge in [-0.2, -0.15) is 0 Å². The van der Waals surface area contributed by atoms with Gasteiger partial charge < -0.3 is 10.1 Å². The molecule has 2 N–H and O–H groups in total. The van der Waals surface area contributed by atoms with Gasteiger partial charge in [0, 0.05) is 49.1 Å². The Bertz CT molecular complexity index is 696. The van der Waals surface area contributed by atoms with Gasteiger partial charge in [-0.1, -0.05) is 17.7 Å². The molecule has 0 fully saturated rings. The Morgan fingerprint density at radius 2 is 2.30 bits per heavy atom. The molecular weight excluding hydrogens is 270 g/mol. The van der Waals surface area contributed by atoms with Crippen LogP contribution in [0.1, 0.15) is 22.4 Å². The van der Waals surface area contributed by atoms with E-state index in [9.17, 15) is 5.11 Å². The van der Waals surface area contributed by atoms with Gasteiger partial charge in [-0.25, -0.2) is 4.98 Å². The monoisotopic (exact) mass is 287 g/mol. The fourth-order valence-corrected chi connectivity index (χ4v) is 2.80. The summed E-state index contributed by atoms with van der Waals surface area (Å²) >= 11 is 5.05. The van der Waals surface area contributed by atoms with Crippen molar-refractivity contribution in [3.8, 4) is 5.75 Å². The van der Waals surface area contributed by atoms with E-state index in [4.69, 9.17) is 12.2 Å². The lowest BCUT2D eigenvalue weighted by molar-refractivity contribution is 0.239. The molecule has 5 heteroatoms. The molecule has 20 heavy (non-hydrogen) atoms. The summed E-state index contributed by atoms with van der Waals surface area (Å²) in [6.45, 7) is 4.58.